The monoisotopic (exact) mass is 265 g/mol. The normalized spacial score (nSPS) is 11.0. The number of aryl methyl sites for hydroxylation is 1. The van der Waals surface area contributed by atoms with E-state index in [0.717, 1.165) is 13.0 Å². The van der Waals surface area contributed by atoms with Gasteiger partial charge in [-0.05, 0) is 43.0 Å². The summed E-state index contributed by atoms with van der Waals surface area (Å²) < 4.78 is 0. The number of rotatable bonds is 8. The van der Waals surface area contributed by atoms with Crippen molar-refractivity contribution < 1.29 is 0 Å². The van der Waals surface area contributed by atoms with Gasteiger partial charge < -0.3 is 0 Å². The third-order valence-electron chi connectivity index (χ3n) is 3.39. The summed E-state index contributed by atoms with van der Waals surface area (Å²) in [4.78, 5) is 4.47. The molecule has 0 aromatic heterocycles. The maximum atomic E-state index is 4.47. The van der Waals surface area contributed by atoms with Gasteiger partial charge in [0.1, 0.15) is 0 Å². The maximum absolute atomic E-state index is 4.47. The number of aliphatic imine (C=N–C) groups is 1. The molecule has 2 aromatic rings. The van der Waals surface area contributed by atoms with E-state index in [9.17, 15) is 0 Å². The Morgan fingerprint density at radius 1 is 0.700 bits per heavy atom. The van der Waals surface area contributed by atoms with Crippen LogP contribution in [0.2, 0.25) is 0 Å². The van der Waals surface area contributed by atoms with E-state index in [2.05, 4.69) is 65.8 Å². The molecule has 2 rings (SSSR count). The van der Waals surface area contributed by atoms with Crippen LogP contribution < -0.4 is 0 Å². The number of nitrogens with zero attached hydrogens (tertiary/aromatic N) is 1. The van der Waals surface area contributed by atoms with Crippen LogP contribution in [0, 0.1) is 0 Å². The standard InChI is InChI=1S/C19H23N/c1(5-11-18-12-6-3-7-13-18)2-10-16-20-17-19-14-8-4-9-15-19/h3-4,6-9,12-16H,1-2,5,10-11,17H2. The molecule has 0 spiro atoms. The highest BCUT2D eigenvalue weighted by Crippen LogP contribution is 2.07. The van der Waals surface area contributed by atoms with E-state index in [1.165, 1.54) is 36.8 Å². The quantitative estimate of drug-likeness (QED) is 0.467. The molecule has 0 aliphatic rings. The highest BCUT2D eigenvalue weighted by Gasteiger charge is 1.92. The van der Waals surface area contributed by atoms with Gasteiger partial charge in [-0.1, -0.05) is 67.1 Å². The molecule has 104 valence electrons. The van der Waals surface area contributed by atoms with Gasteiger partial charge in [-0.25, -0.2) is 0 Å². The van der Waals surface area contributed by atoms with E-state index in [1.54, 1.807) is 0 Å². The largest absolute Gasteiger partial charge is 0.293 e. The molecule has 0 aliphatic heterocycles. The van der Waals surface area contributed by atoms with E-state index in [-0.39, 0.29) is 0 Å². The summed E-state index contributed by atoms with van der Waals surface area (Å²) in [6.45, 7) is 0.810. The van der Waals surface area contributed by atoms with Crippen LogP contribution in [0.25, 0.3) is 0 Å². The van der Waals surface area contributed by atoms with Crippen molar-refractivity contribution in [2.75, 3.05) is 0 Å². The molecule has 0 heterocycles. The number of unbranched alkanes of at least 4 members (excludes halogenated alkanes) is 3. The smallest absolute Gasteiger partial charge is 0.0635 e. The fraction of sp³-hybridized carbons (Fsp3) is 0.316. The van der Waals surface area contributed by atoms with Crippen molar-refractivity contribution in [3.8, 4) is 0 Å². The van der Waals surface area contributed by atoms with Crippen molar-refractivity contribution in [2.45, 2.75) is 38.6 Å². The molecule has 0 atom stereocenters. The number of hydrogen-bond acceptors (Lipinski definition) is 1. The third-order valence-corrected chi connectivity index (χ3v) is 3.39. The predicted octanol–water partition coefficient (Wildman–Crippen LogP) is 5.06. The zero-order valence-corrected chi connectivity index (χ0v) is 12.0. The molecular weight excluding hydrogens is 242 g/mol. The van der Waals surface area contributed by atoms with Gasteiger partial charge in [-0.3, -0.25) is 4.99 Å². The van der Waals surface area contributed by atoms with Gasteiger partial charge in [0, 0.05) is 0 Å². The average Bonchev–Trinajstić information content (AvgIpc) is 2.52. The average molecular weight is 265 g/mol. The first-order chi connectivity index (χ1) is 9.95. The van der Waals surface area contributed by atoms with Crippen LogP contribution in [0.1, 0.15) is 36.8 Å². The van der Waals surface area contributed by atoms with Crippen molar-refractivity contribution in [2.24, 2.45) is 4.99 Å². The Balaban J connectivity index is 1.51. The third kappa shape index (κ3) is 5.83. The van der Waals surface area contributed by atoms with Crippen LogP contribution in [0.3, 0.4) is 0 Å². The van der Waals surface area contributed by atoms with Crippen LogP contribution in [0.4, 0.5) is 0 Å². The number of benzene rings is 2. The van der Waals surface area contributed by atoms with E-state index >= 15 is 0 Å². The van der Waals surface area contributed by atoms with Crippen LogP contribution in [0.5, 0.6) is 0 Å². The van der Waals surface area contributed by atoms with Crippen LogP contribution >= 0.6 is 0 Å². The zero-order chi connectivity index (χ0) is 13.9. The number of hydrogen-bond donors (Lipinski definition) is 0. The SMILES string of the molecule is C(CCCCCc1ccccc1)=NCc1ccccc1. The Kier molecular flexibility index (Phi) is 6.59. The molecule has 0 saturated heterocycles. The van der Waals surface area contributed by atoms with Crippen molar-refractivity contribution in [3.63, 3.8) is 0 Å². The summed E-state index contributed by atoms with van der Waals surface area (Å²) in [6.07, 6.45) is 8.17. The van der Waals surface area contributed by atoms with Gasteiger partial charge in [0.05, 0.1) is 6.54 Å². The second kappa shape index (κ2) is 9.08. The van der Waals surface area contributed by atoms with Crippen molar-refractivity contribution in [3.05, 3.63) is 71.8 Å². The lowest BCUT2D eigenvalue weighted by Gasteiger charge is -2.00. The lowest BCUT2D eigenvalue weighted by molar-refractivity contribution is 0.698. The Hall–Kier alpha value is -1.89. The molecule has 0 saturated carbocycles. The minimum atomic E-state index is 0.810. The zero-order valence-electron chi connectivity index (χ0n) is 12.0. The van der Waals surface area contributed by atoms with Gasteiger partial charge in [-0.15, -0.1) is 0 Å². The minimum absolute atomic E-state index is 0.810. The summed E-state index contributed by atoms with van der Waals surface area (Å²) in [5, 5.41) is 0. The molecule has 1 nitrogen and oxygen atoms in total. The molecule has 2 aromatic carbocycles. The maximum Gasteiger partial charge on any atom is 0.0635 e. The summed E-state index contributed by atoms with van der Waals surface area (Å²) in [5.74, 6) is 0. The molecular formula is C19H23N. The van der Waals surface area contributed by atoms with Gasteiger partial charge >= 0.3 is 0 Å². The molecule has 0 radical (unpaired) electrons. The fourth-order valence-electron chi connectivity index (χ4n) is 2.23. The topological polar surface area (TPSA) is 12.4 Å². The van der Waals surface area contributed by atoms with E-state index in [0.29, 0.717) is 0 Å². The van der Waals surface area contributed by atoms with Crippen LogP contribution in [-0.2, 0) is 13.0 Å². The molecule has 0 amide bonds. The fourth-order valence-corrected chi connectivity index (χ4v) is 2.23. The first-order valence-electron chi connectivity index (χ1n) is 7.51. The molecule has 20 heavy (non-hydrogen) atoms. The minimum Gasteiger partial charge on any atom is -0.293 e. The lowest BCUT2D eigenvalue weighted by Crippen LogP contribution is -1.86. The van der Waals surface area contributed by atoms with Gasteiger partial charge in [0.25, 0.3) is 0 Å². The first kappa shape index (κ1) is 14.5. The lowest BCUT2D eigenvalue weighted by atomic mass is 10.1. The molecule has 0 aliphatic carbocycles. The van der Waals surface area contributed by atoms with Crippen LogP contribution in [0.15, 0.2) is 65.7 Å². The molecule has 1 heteroatoms. The summed E-state index contributed by atoms with van der Waals surface area (Å²) in [7, 11) is 0. The second-order valence-corrected chi connectivity index (χ2v) is 5.09. The van der Waals surface area contributed by atoms with Crippen LogP contribution in [-0.4, -0.2) is 6.21 Å². The van der Waals surface area contributed by atoms with Crippen molar-refractivity contribution in [1.29, 1.82) is 0 Å². The van der Waals surface area contributed by atoms with Gasteiger partial charge in [0.15, 0.2) is 0 Å². The summed E-state index contributed by atoms with van der Waals surface area (Å²) in [6, 6.07) is 21.1. The molecule has 0 fully saturated rings. The predicted molar refractivity (Wildman–Crippen MR) is 87.3 cm³/mol. The van der Waals surface area contributed by atoms with E-state index in [4.69, 9.17) is 0 Å². The molecule has 0 N–H and O–H groups in total. The van der Waals surface area contributed by atoms with E-state index < -0.39 is 0 Å². The van der Waals surface area contributed by atoms with Gasteiger partial charge in [-0.2, -0.15) is 0 Å². The highest BCUT2D eigenvalue weighted by atomic mass is 14.7. The Morgan fingerprint density at radius 2 is 1.35 bits per heavy atom. The molecule has 0 unspecified atom stereocenters. The second-order valence-electron chi connectivity index (χ2n) is 5.09. The van der Waals surface area contributed by atoms with Gasteiger partial charge in [0.2, 0.25) is 0 Å². The Bertz CT molecular complexity index is 488. The highest BCUT2D eigenvalue weighted by molar-refractivity contribution is 5.57. The summed E-state index contributed by atoms with van der Waals surface area (Å²) >= 11 is 0. The summed E-state index contributed by atoms with van der Waals surface area (Å²) in [5.41, 5.74) is 2.73. The Labute approximate surface area is 122 Å². The first-order valence-corrected chi connectivity index (χ1v) is 7.51. The Morgan fingerprint density at radius 3 is 2.05 bits per heavy atom. The molecule has 0 bridgehead atoms. The van der Waals surface area contributed by atoms with E-state index in [1.807, 2.05) is 6.07 Å². The van der Waals surface area contributed by atoms with Crippen molar-refractivity contribution >= 4 is 6.21 Å². The van der Waals surface area contributed by atoms with Crippen molar-refractivity contribution in [1.82, 2.24) is 0 Å².